The summed E-state index contributed by atoms with van der Waals surface area (Å²) in [4.78, 5) is 26.9. The standard InChI is InChI=1S/C17H21N3O5S/c1-18(2)12-16(21)19-7-9-20(10-8-19)26(23,24)14-4-5-15-13(11-14)3-6-17(22)25-15/h3-6,11H,7-10,12H2,1-2H3. The third-order valence-electron chi connectivity index (χ3n) is 4.27. The van der Waals surface area contributed by atoms with E-state index in [1.807, 2.05) is 14.1 Å². The van der Waals surface area contributed by atoms with Crippen molar-refractivity contribution in [2.24, 2.45) is 0 Å². The second-order valence-corrected chi connectivity index (χ2v) is 8.41. The average molecular weight is 379 g/mol. The van der Waals surface area contributed by atoms with Crippen LogP contribution >= 0.6 is 0 Å². The van der Waals surface area contributed by atoms with Gasteiger partial charge in [0.05, 0.1) is 11.4 Å². The van der Waals surface area contributed by atoms with Crippen molar-refractivity contribution in [3.63, 3.8) is 0 Å². The molecule has 0 unspecified atom stereocenters. The molecule has 1 aliphatic rings. The molecular formula is C17H21N3O5S. The van der Waals surface area contributed by atoms with E-state index in [0.717, 1.165) is 0 Å². The van der Waals surface area contributed by atoms with Crippen LogP contribution in [0.15, 0.2) is 44.4 Å². The molecule has 0 spiro atoms. The zero-order chi connectivity index (χ0) is 18.9. The molecule has 9 heteroatoms. The number of rotatable bonds is 4. The Hall–Kier alpha value is -2.23. The minimum atomic E-state index is -3.67. The second-order valence-electron chi connectivity index (χ2n) is 6.48. The first-order chi connectivity index (χ1) is 12.3. The highest BCUT2D eigenvalue weighted by atomic mass is 32.2. The highest BCUT2D eigenvalue weighted by Crippen LogP contribution is 2.22. The number of hydrogen-bond donors (Lipinski definition) is 0. The Balaban J connectivity index is 1.76. The molecule has 0 radical (unpaired) electrons. The lowest BCUT2D eigenvalue weighted by Gasteiger charge is -2.34. The summed E-state index contributed by atoms with van der Waals surface area (Å²) >= 11 is 0. The van der Waals surface area contributed by atoms with E-state index >= 15 is 0 Å². The van der Waals surface area contributed by atoms with Gasteiger partial charge in [0.25, 0.3) is 0 Å². The smallest absolute Gasteiger partial charge is 0.336 e. The number of likely N-dealkylation sites (N-methyl/N-ethyl adjacent to an activating group) is 1. The fourth-order valence-corrected chi connectivity index (χ4v) is 4.37. The van der Waals surface area contributed by atoms with E-state index in [1.165, 1.54) is 34.6 Å². The van der Waals surface area contributed by atoms with Crippen LogP contribution < -0.4 is 5.63 Å². The van der Waals surface area contributed by atoms with Crippen molar-refractivity contribution in [2.45, 2.75) is 4.90 Å². The molecule has 2 aromatic rings. The predicted octanol–water partition coefficient (Wildman–Crippen LogP) is 0.188. The van der Waals surface area contributed by atoms with Gasteiger partial charge in [-0.15, -0.1) is 0 Å². The first-order valence-corrected chi connectivity index (χ1v) is 9.68. The van der Waals surface area contributed by atoms with Gasteiger partial charge in [-0.25, -0.2) is 13.2 Å². The Labute approximate surface area is 151 Å². The van der Waals surface area contributed by atoms with E-state index in [2.05, 4.69) is 0 Å². The zero-order valence-electron chi connectivity index (χ0n) is 14.7. The molecule has 2 heterocycles. The molecule has 1 aromatic carbocycles. The van der Waals surface area contributed by atoms with E-state index < -0.39 is 15.6 Å². The van der Waals surface area contributed by atoms with Gasteiger partial charge < -0.3 is 14.2 Å². The molecule has 8 nitrogen and oxygen atoms in total. The number of amides is 1. The van der Waals surface area contributed by atoms with Crippen molar-refractivity contribution in [1.82, 2.24) is 14.1 Å². The van der Waals surface area contributed by atoms with Crippen molar-refractivity contribution in [3.8, 4) is 0 Å². The number of carbonyl (C=O) groups excluding carboxylic acids is 1. The van der Waals surface area contributed by atoms with Crippen molar-refractivity contribution in [3.05, 3.63) is 40.8 Å². The number of benzene rings is 1. The van der Waals surface area contributed by atoms with Gasteiger partial charge >= 0.3 is 5.63 Å². The summed E-state index contributed by atoms with van der Waals surface area (Å²) in [6, 6.07) is 7.22. The number of nitrogens with zero attached hydrogens (tertiary/aromatic N) is 3. The molecule has 3 rings (SSSR count). The van der Waals surface area contributed by atoms with Gasteiger partial charge in [0, 0.05) is 37.6 Å². The lowest BCUT2D eigenvalue weighted by molar-refractivity contribution is -0.133. The molecular weight excluding hydrogens is 358 g/mol. The van der Waals surface area contributed by atoms with E-state index in [-0.39, 0.29) is 23.9 Å². The van der Waals surface area contributed by atoms with Crippen LogP contribution in [0.3, 0.4) is 0 Å². The van der Waals surface area contributed by atoms with Crippen LogP contribution in [0.5, 0.6) is 0 Å². The summed E-state index contributed by atoms with van der Waals surface area (Å²) in [5.74, 6) is -0.00668. The third-order valence-corrected chi connectivity index (χ3v) is 6.17. The first-order valence-electron chi connectivity index (χ1n) is 8.24. The maximum Gasteiger partial charge on any atom is 0.336 e. The second kappa shape index (κ2) is 7.18. The molecule has 1 saturated heterocycles. The molecule has 140 valence electrons. The average Bonchev–Trinajstić information content (AvgIpc) is 2.60. The third kappa shape index (κ3) is 3.79. The van der Waals surface area contributed by atoms with Crippen LogP contribution in [0, 0.1) is 0 Å². The van der Waals surface area contributed by atoms with E-state index in [4.69, 9.17) is 4.42 Å². The van der Waals surface area contributed by atoms with E-state index in [0.29, 0.717) is 30.6 Å². The Morgan fingerprint density at radius 1 is 1.12 bits per heavy atom. The fraction of sp³-hybridized carbons (Fsp3) is 0.412. The molecule has 0 aliphatic carbocycles. The zero-order valence-corrected chi connectivity index (χ0v) is 15.5. The monoisotopic (exact) mass is 379 g/mol. The van der Waals surface area contributed by atoms with Crippen LogP contribution in [0.4, 0.5) is 0 Å². The number of piperazine rings is 1. The molecule has 1 fully saturated rings. The lowest BCUT2D eigenvalue weighted by atomic mass is 10.2. The number of sulfonamides is 1. The summed E-state index contributed by atoms with van der Waals surface area (Å²) in [7, 11) is -0.0309. The minimum Gasteiger partial charge on any atom is -0.423 e. The summed E-state index contributed by atoms with van der Waals surface area (Å²) in [6.45, 7) is 1.55. The van der Waals surface area contributed by atoms with Crippen LogP contribution in [0.25, 0.3) is 11.0 Å². The topological polar surface area (TPSA) is 91.1 Å². The molecule has 1 aliphatic heterocycles. The largest absolute Gasteiger partial charge is 0.423 e. The van der Waals surface area contributed by atoms with Gasteiger partial charge in [0.15, 0.2) is 0 Å². The quantitative estimate of drug-likeness (QED) is 0.704. The highest BCUT2D eigenvalue weighted by Gasteiger charge is 2.30. The van der Waals surface area contributed by atoms with Gasteiger partial charge in [-0.3, -0.25) is 4.79 Å². The number of hydrogen-bond acceptors (Lipinski definition) is 6. The maximum absolute atomic E-state index is 12.9. The molecule has 0 bridgehead atoms. The van der Waals surface area contributed by atoms with E-state index in [1.54, 1.807) is 9.80 Å². The van der Waals surface area contributed by atoms with Gasteiger partial charge in [-0.1, -0.05) is 0 Å². The fourth-order valence-electron chi connectivity index (χ4n) is 2.91. The maximum atomic E-state index is 12.9. The Morgan fingerprint density at radius 3 is 2.46 bits per heavy atom. The Bertz CT molecular complexity index is 975. The van der Waals surface area contributed by atoms with Crippen molar-refractivity contribution in [1.29, 1.82) is 0 Å². The molecule has 0 N–H and O–H groups in total. The Morgan fingerprint density at radius 2 is 1.81 bits per heavy atom. The SMILES string of the molecule is CN(C)CC(=O)N1CCN(S(=O)(=O)c2ccc3oc(=O)ccc3c2)CC1. The molecule has 0 saturated carbocycles. The normalized spacial score (nSPS) is 16.3. The van der Waals surface area contributed by atoms with Crippen LogP contribution in [-0.4, -0.2) is 75.2 Å². The van der Waals surface area contributed by atoms with Gasteiger partial charge in [-0.05, 0) is 38.4 Å². The summed E-state index contributed by atoms with van der Waals surface area (Å²) in [5, 5.41) is 0.547. The van der Waals surface area contributed by atoms with E-state index in [9.17, 15) is 18.0 Å². The predicted molar refractivity (Wildman–Crippen MR) is 96.4 cm³/mol. The van der Waals surface area contributed by atoms with Crippen LogP contribution in [0.1, 0.15) is 0 Å². The minimum absolute atomic E-state index is 0.00668. The molecule has 1 amide bonds. The van der Waals surface area contributed by atoms with Gasteiger partial charge in [-0.2, -0.15) is 4.31 Å². The summed E-state index contributed by atoms with van der Waals surface area (Å²) < 4.78 is 32.2. The molecule has 0 atom stereocenters. The van der Waals surface area contributed by atoms with Crippen molar-refractivity contribution in [2.75, 3.05) is 46.8 Å². The molecule has 26 heavy (non-hydrogen) atoms. The molecule has 1 aromatic heterocycles. The van der Waals surface area contributed by atoms with Crippen LogP contribution in [-0.2, 0) is 14.8 Å². The number of carbonyl (C=O) groups is 1. The first kappa shape index (κ1) is 18.6. The Kier molecular flexibility index (Phi) is 5.12. The van der Waals surface area contributed by atoms with Crippen molar-refractivity contribution < 1.29 is 17.6 Å². The van der Waals surface area contributed by atoms with Crippen LogP contribution in [0.2, 0.25) is 0 Å². The lowest BCUT2D eigenvalue weighted by Crippen LogP contribution is -2.52. The highest BCUT2D eigenvalue weighted by molar-refractivity contribution is 7.89. The van der Waals surface area contributed by atoms with Crippen molar-refractivity contribution >= 4 is 26.9 Å². The van der Waals surface area contributed by atoms with Gasteiger partial charge in [0.2, 0.25) is 15.9 Å². The number of fused-ring (bicyclic) bond motifs is 1. The summed E-state index contributed by atoms with van der Waals surface area (Å²) in [5.41, 5.74) is -0.137. The van der Waals surface area contributed by atoms with Gasteiger partial charge in [0.1, 0.15) is 5.58 Å². The summed E-state index contributed by atoms with van der Waals surface area (Å²) in [6.07, 6.45) is 0.